The van der Waals surface area contributed by atoms with Crippen LogP contribution >= 0.6 is 0 Å². The standard InChI is InChI=1S/C16H25NO2/c1-4-16(2,17-11-5-6-12-17)15(18)13-7-9-14(19-3)10-8-13/h7-10,15,18H,4-6,11-12H2,1-3H3. The fraction of sp³-hybridized carbons (Fsp3) is 0.625. The first kappa shape index (κ1) is 14.4. The Hall–Kier alpha value is -1.06. The molecule has 1 aliphatic heterocycles. The van der Waals surface area contributed by atoms with Crippen LogP contribution in [0.2, 0.25) is 0 Å². The molecule has 3 heteroatoms. The van der Waals surface area contributed by atoms with Gasteiger partial charge in [-0.2, -0.15) is 0 Å². The van der Waals surface area contributed by atoms with Gasteiger partial charge in [0.15, 0.2) is 0 Å². The lowest BCUT2D eigenvalue weighted by molar-refractivity contribution is -0.0140. The smallest absolute Gasteiger partial charge is 0.118 e. The average Bonchev–Trinajstić information content (AvgIpc) is 3.00. The predicted octanol–water partition coefficient (Wildman–Crippen LogP) is 2.99. The number of likely N-dealkylation sites (tertiary alicyclic amines) is 1. The Labute approximate surface area is 116 Å². The zero-order chi connectivity index (χ0) is 13.9. The quantitative estimate of drug-likeness (QED) is 0.886. The SMILES string of the molecule is CCC(C)(C(O)c1ccc(OC)cc1)N1CCCC1. The van der Waals surface area contributed by atoms with Crippen LogP contribution in [0.5, 0.6) is 5.75 Å². The van der Waals surface area contributed by atoms with Crippen molar-refractivity contribution in [1.29, 1.82) is 0 Å². The fourth-order valence-electron chi connectivity index (χ4n) is 2.96. The number of rotatable bonds is 5. The van der Waals surface area contributed by atoms with E-state index in [4.69, 9.17) is 4.74 Å². The van der Waals surface area contributed by atoms with Crippen LogP contribution in [0.3, 0.4) is 0 Å². The molecule has 1 fully saturated rings. The van der Waals surface area contributed by atoms with Gasteiger partial charge in [0.25, 0.3) is 0 Å². The van der Waals surface area contributed by atoms with Gasteiger partial charge in [-0.15, -0.1) is 0 Å². The van der Waals surface area contributed by atoms with E-state index in [1.807, 2.05) is 24.3 Å². The highest BCUT2D eigenvalue weighted by Gasteiger charge is 2.39. The van der Waals surface area contributed by atoms with Gasteiger partial charge in [0.05, 0.1) is 13.2 Å². The van der Waals surface area contributed by atoms with Crippen molar-refractivity contribution in [3.63, 3.8) is 0 Å². The van der Waals surface area contributed by atoms with Crippen LogP contribution in [0.1, 0.15) is 44.8 Å². The highest BCUT2D eigenvalue weighted by molar-refractivity contribution is 5.30. The molecule has 0 saturated carbocycles. The molecule has 2 unspecified atom stereocenters. The summed E-state index contributed by atoms with van der Waals surface area (Å²) in [5, 5.41) is 10.8. The lowest BCUT2D eigenvalue weighted by Gasteiger charge is -2.42. The Kier molecular flexibility index (Phi) is 4.48. The minimum Gasteiger partial charge on any atom is -0.497 e. The van der Waals surface area contributed by atoms with E-state index in [-0.39, 0.29) is 5.54 Å². The van der Waals surface area contributed by atoms with Crippen LogP contribution in [0, 0.1) is 0 Å². The minimum atomic E-state index is -0.457. The molecule has 106 valence electrons. The maximum atomic E-state index is 10.8. The molecule has 1 aliphatic rings. The van der Waals surface area contributed by atoms with Gasteiger partial charge < -0.3 is 9.84 Å². The summed E-state index contributed by atoms with van der Waals surface area (Å²) in [6.07, 6.45) is 2.97. The van der Waals surface area contributed by atoms with Gasteiger partial charge in [-0.05, 0) is 57.0 Å². The number of benzene rings is 1. The lowest BCUT2D eigenvalue weighted by Crippen LogP contribution is -2.48. The Morgan fingerprint density at radius 3 is 2.32 bits per heavy atom. The first-order chi connectivity index (χ1) is 9.11. The first-order valence-corrected chi connectivity index (χ1v) is 7.19. The maximum Gasteiger partial charge on any atom is 0.118 e. The van der Waals surface area contributed by atoms with Gasteiger partial charge >= 0.3 is 0 Å². The van der Waals surface area contributed by atoms with E-state index < -0.39 is 6.10 Å². The molecular formula is C16H25NO2. The number of aliphatic hydroxyl groups is 1. The second kappa shape index (κ2) is 5.93. The van der Waals surface area contributed by atoms with E-state index in [0.29, 0.717) is 0 Å². The zero-order valence-corrected chi connectivity index (χ0v) is 12.2. The van der Waals surface area contributed by atoms with Crippen molar-refractivity contribution in [1.82, 2.24) is 4.90 Å². The molecule has 0 aromatic heterocycles. The molecule has 0 spiro atoms. The third-order valence-corrected chi connectivity index (χ3v) is 4.56. The van der Waals surface area contributed by atoms with Gasteiger partial charge in [-0.1, -0.05) is 19.1 Å². The second-order valence-electron chi connectivity index (χ2n) is 5.58. The summed E-state index contributed by atoms with van der Waals surface area (Å²) in [5.41, 5.74) is 0.794. The summed E-state index contributed by atoms with van der Waals surface area (Å²) < 4.78 is 5.17. The summed E-state index contributed by atoms with van der Waals surface area (Å²) in [7, 11) is 1.66. The van der Waals surface area contributed by atoms with Crippen molar-refractivity contribution in [3.05, 3.63) is 29.8 Å². The minimum absolute atomic E-state index is 0.176. The Morgan fingerprint density at radius 1 is 1.26 bits per heavy atom. The molecule has 0 radical (unpaired) electrons. The molecule has 1 heterocycles. The van der Waals surface area contributed by atoms with Crippen LogP contribution < -0.4 is 4.74 Å². The summed E-state index contributed by atoms with van der Waals surface area (Å²) in [6.45, 7) is 6.52. The molecule has 19 heavy (non-hydrogen) atoms. The molecule has 1 saturated heterocycles. The van der Waals surface area contributed by atoms with Crippen molar-refractivity contribution in [2.24, 2.45) is 0 Å². The molecule has 0 amide bonds. The van der Waals surface area contributed by atoms with E-state index in [9.17, 15) is 5.11 Å². The third kappa shape index (κ3) is 2.77. The first-order valence-electron chi connectivity index (χ1n) is 7.19. The molecule has 1 aromatic carbocycles. The summed E-state index contributed by atoms with van der Waals surface area (Å²) in [4.78, 5) is 2.43. The zero-order valence-electron chi connectivity index (χ0n) is 12.2. The second-order valence-corrected chi connectivity index (χ2v) is 5.58. The predicted molar refractivity (Wildman–Crippen MR) is 77.5 cm³/mol. The van der Waals surface area contributed by atoms with Gasteiger partial charge in [-0.25, -0.2) is 0 Å². The fourth-order valence-corrected chi connectivity index (χ4v) is 2.96. The number of hydrogen-bond donors (Lipinski definition) is 1. The van der Waals surface area contributed by atoms with Crippen molar-refractivity contribution in [2.75, 3.05) is 20.2 Å². The van der Waals surface area contributed by atoms with Gasteiger partial charge in [0.1, 0.15) is 5.75 Å². The van der Waals surface area contributed by atoms with E-state index in [1.165, 1.54) is 12.8 Å². The van der Waals surface area contributed by atoms with Crippen LogP contribution in [0.15, 0.2) is 24.3 Å². The van der Waals surface area contributed by atoms with Crippen LogP contribution in [-0.2, 0) is 0 Å². The summed E-state index contributed by atoms with van der Waals surface area (Å²) in [6, 6.07) is 7.76. The molecule has 1 aromatic rings. The van der Waals surface area contributed by atoms with E-state index >= 15 is 0 Å². The van der Waals surface area contributed by atoms with Gasteiger partial charge in [0, 0.05) is 5.54 Å². The summed E-state index contributed by atoms with van der Waals surface area (Å²) >= 11 is 0. The number of aliphatic hydroxyl groups excluding tert-OH is 1. The largest absolute Gasteiger partial charge is 0.497 e. The maximum absolute atomic E-state index is 10.8. The van der Waals surface area contributed by atoms with Crippen LogP contribution in [0.25, 0.3) is 0 Å². The van der Waals surface area contributed by atoms with Crippen LogP contribution in [-0.4, -0.2) is 35.7 Å². The van der Waals surface area contributed by atoms with Crippen molar-refractivity contribution in [2.45, 2.75) is 44.8 Å². The number of hydrogen-bond acceptors (Lipinski definition) is 3. The third-order valence-electron chi connectivity index (χ3n) is 4.56. The highest BCUT2D eigenvalue weighted by atomic mass is 16.5. The van der Waals surface area contributed by atoms with Gasteiger partial charge in [-0.3, -0.25) is 4.90 Å². The molecular weight excluding hydrogens is 238 g/mol. The summed E-state index contributed by atoms with van der Waals surface area (Å²) in [5.74, 6) is 0.829. The van der Waals surface area contributed by atoms with Crippen molar-refractivity contribution in [3.8, 4) is 5.75 Å². The normalized spacial score (nSPS) is 21.1. The molecule has 2 rings (SSSR count). The van der Waals surface area contributed by atoms with E-state index in [2.05, 4.69) is 18.7 Å². The molecule has 0 aliphatic carbocycles. The molecule has 1 N–H and O–H groups in total. The Bertz CT molecular complexity index is 398. The number of ether oxygens (including phenoxy) is 1. The average molecular weight is 263 g/mol. The van der Waals surface area contributed by atoms with Crippen molar-refractivity contribution >= 4 is 0 Å². The van der Waals surface area contributed by atoms with Gasteiger partial charge in [0.2, 0.25) is 0 Å². The van der Waals surface area contributed by atoms with E-state index in [1.54, 1.807) is 7.11 Å². The Balaban J connectivity index is 2.20. The number of nitrogens with zero attached hydrogens (tertiary/aromatic N) is 1. The topological polar surface area (TPSA) is 32.7 Å². The molecule has 2 atom stereocenters. The number of methoxy groups -OCH3 is 1. The molecule has 0 bridgehead atoms. The highest BCUT2D eigenvalue weighted by Crippen LogP contribution is 2.36. The van der Waals surface area contributed by atoms with Crippen LogP contribution in [0.4, 0.5) is 0 Å². The molecule has 3 nitrogen and oxygen atoms in total. The van der Waals surface area contributed by atoms with Crippen molar-refractivity contribution < 1.29 is 9.84 Å². The van der Waals surface area contributed by atoms with E-state index in [0.717, 1.165) is 30.8 Å². The lowest BCUT2D eigenvalue weighted by atomic mass is 9.85. The Morgan fingerprint density at radius 2 is 1.84 bits per heavy atom. The monoisotopic (exact) mass is 263 g/mol.